The van der Waals surface area contributed by atoms with Crippen LogP contribution in [-0.2, 0) is 4.79 Å². The van der Waals surface area contributed by atoms with E-state index in [-0.39, 0.29) is 18.1 Å². The minimum absolute atomic E-state index is 0.136. The molecule has 3 rings (SSSR count). The molecule has 2 aromatic carbocycles. The van der Waals surface area contributed by atoms with E-state index in [9.17, 15) is 9.59 Å². The Morgan fingerprint density at radius 1 is 1.08 bits per heavy atom. The van der Waals surface area contributed by atoms with E-state index in [0.29, 0.717) is 11.3 Å². The molecule has 0 saturated heterocycles. The molecule has 0 unspecified atom stereocenters. The van der Waals surface area contributed by atoms with E-state index in [1.54, 1.807) is 12.1 Å². The molecule has 0 aliphatic heterocycles. The second kappa shape index (κ2) is 6.58. The molecule has 0 aliphatic rings. The van der Waals surface area contributed by atoms with Gasteiger partial charge in [-0.15, -0.1) is 0 Å². The lowest BCUT2D eigenvalue weighted by molar-refractivity contribution is -0.118. The molecule has 0 radical (unpaired) electrons. The number of H-pyrrole nitrogens is 1. The van der Waals surface area contributed by atoms with Crippen molar-refractivity contribution in [2.45, 2.75) is 13.8 Å². The monoisotopic (exact) mass is 322 g/mol. The lowest BCUT2D eigenvalue weighted by Gasteiger charge is -2.10. The van der Waals surface area contributed by atoms with Crippen LogP contribution in [0.3, 0.4) is 0 Å². The SMILES string of the molecule is Cc1ccc(NC(=O)COc2cccc3ccc(=O)[nH]c23)cc1C. The van der Waals surface area contributed by atoms with E-state index < -0.39 is 0 Å². The predicted molar refractivity (Wildman–Crippen MR) is 94.6 cm³/mol. The number of ether oxygens (including phenoxy) is 1. The second-order valence-corrected chi connectivity index (χ2v) is 5.68. The van der Waals surface area contributed by atoms with Crippen molar-refractivity contribution in [1.82, 2.24) is 4.98 Å². The van der Waals surface area contributed by atoms with E-state index in [1.807, 2.05) is 44.2 Å². The molecule has 5 nitrogen and oxygen atoms in total. The van der Waals surface area contributed by atoms with Crippen molar-refractivity contribution >= 4 is 22.5 Å². The molecule has 0 atom stereocenters. The van der Waals surface area contributed by atoms with Gasteiger partial charge in [0.05, 0.1) is 5.52 Å². The topological polar surface area (TPSA) is 71.2 Å². The number of carbonyl (C=O) groups excluding carboxylic acids is 1. The van der Waals surface area contributed by atoms with Gasteiger partial charge in [-0.3, -0.25) is 9.59 Å². The van der Waals surface area contributed by atoms with Gasteiger partial charge in [0.25, 0.3) is 5.91 Å². The largest absolute Gasteiger partial charge is 0.482 e. The van der Waals surface area contributed by atoms with Gasteiger partial charge in [0.2, 0.25) is 5.56 Å². The Balaban J connectivity index is 1.71. The van der Waals surface area contributed by atoms with Gasteiger partial charge in [-0.25, -0.2) is 0 Å². The minimum Gasteiger partial charge on any atom is -0.482 e. The number of rotatable bonds is 4. The van der Waals surface area contributed by atoms with E-state index in [2.05, 4.69) is 10.3 Å². The van der Waals surface area contributed by atoms with Gasteiger partial charge in [-0.05, 0) is 49.2 Å². The first-order valence-electron chi connectivity index (χ1n) is 7.65. The lowest BCUT2D eigenvalue weighted by atomic mass is 10.1. The third-order valence-corrected chi connectivity index (χ3v) is 3.87. The minimum atomic E-state index is -0.256. The zero-order valence-electron chi connectivity index (χ0n) is 13.6. The van der Waals surface area contributed by atoms with E-state index >= 15 is 0 Å². The van der Waals surface area contributed by atoms with E-state index in [1.165, 1.54) is 11.6 Å². The summed E-state index contributed by atoms with van der Waals surface area (Å²) < 4.78 is 5.58. The van der Waals surface area contributed by atoms with Crippen molar-refractivity contribution in [1.29, 1.82) is 0 Å². The van der Waals surface area contributed by atoms with Gasteiger partial charge < -0.3 is 15.0 Å². The first kappa shape index (κ1) is 15.8. The lowest BCUT2D eigenvalue weighted by Crippen LogP contribution is -2.20. The molecule has 0 saturated carbocycles. The molecule has 1 aromatic heterocycles. The molecule has 5 heteroatoms. The Hall–Kier alpha value is -3.08. The normalized spacial score (nSPS) is 10.6. The summed E-state index contributed by atoms with van der Waals surface area (Å²) in [4.78, 5) is 26.3. The summed E-state index contributed by atoms with van der Waals surface area (Å²) in [5.41, 5.74) is 3.39. The Morgan fingerprint density at radius 3 is 2.71 bits per heavy atom. The molecule has 3 aromatic rings. The van der Waals surface area contributed by atoms with Gasteiger partial charge in [-0.1, -0.05) is 18.2 Å². The van der Waals surface area contributed by atoms with Crippen LogP contribution >= 0.6 is 0 Å². The van der Waals surface area contributed by atoms with E-state index in [0.717, 1.165) is 16.6 Å². The Morgan fingerprint density at radius 2 is 1.92 bits per heavy atom. The number of anilines is 1. The summed E-state index contributed by atoms with van der Waals surface area (Å²) in [7, 11) is 0. The summed E-state index contributed by atoms with van der Waals surface area (Å²) in [5, 5.41) is 3.65. The Labute approximate surface area is 139 Å². The van der Waals surface area contributed by atoms with Crippen LogP contribution in [0.4, 0.5) is 5.69 Å². The fraction of sp³-hybridized carbons (Fsp3) is 0.158. The number of aromatic amines is 1. The first-order chi connectivity index (χ1) is 11.5. The highest BCUT2D eigenvalue weighted by Gasteiger charge is 2.07. The third kappa shape index (κ3) is 3.46. The maximum atomic E-state index is 12.1. The van der Waals surface area contributed by atoms with Crippen molar-refractivity contribution in [2.75, 3.05) is 11.9 Å². The molecule has 24 heavy (non-hydrogen) atoms. The number of benzene rings is 2. The molecule has 0 spiro atoms. The molecule has 0 bridgehead atoms. The van der Waals surface area contributed by atoms with Crippen LogP contribution in [0.2, 0.25) is 0 Å². The van der Waals surface area contributed by atoms with Gasteiger partial charge >= 0.3 is 0 Å². The highest BCUT2D eigenvalue weighted by Crippen LogP contribution is 2.22. The van der Waals surface area contributed by atoms with Crippen molar-refractivity contribution in [3.05, 3.63) is 70.0 Å². The second-order valence-electron chi connectivity index (χ2n) is 5.68. The Bertz CT molecular complexity index is 960. The number of pyridine rings is 1. The average molecular weight is 322 g/mol. The molecular weight excluding hydrogens is 304 g/mol. The fourth-order valence-corrected chi connectivity index (χ4v) is 2.43. The predicted octanol–water partition coefficient (Wildman–Crippen LogP) is 3.16. The zero-order valence-corrected chi connectivity index (χ0v) is 13.6. The number of carbonyl (C=O) groups is 1. The quantitative estimate of drug-likeness (QED) is 0.775. The van der Waals surface area contributed by atoms with Gasteiger partial charge in [-0.2, -0.15) is 0 Å². The van der Waals surface area contributed by atoms with Crippen molar-refractivity contribution in [3.8, 4) is 5.75 Å². The van der Waals surface area contributed by atoms with Crippen LogP contribution < -0.4 is 15.6 Å². The maximum Gasteiger partial charge on any atom is 0.262 e. The summed E-state index contributed by atoms with van der Waals surface area (Å²) in [5.74, 6) is 0.217. The van der Waals surface area contributed by atoms with Crippen LogP contribution in [0.15, 0.2) is 53.3 Å². The summed E-state index contributed by atoms with van der Waals surface area (Å²) in [6.45, 7) is 3.88. The molecule has 0 aliphatic carbocycles. The van der Waals surface area contributed by atoms with Crippen LogP contribution in [0.5, 0.6) is 5.75 Å². The van der Waals surface area contributed by atoms with Crippen LogP contribution in [-0.4, -0.2) is 17.5 Å². The van der Waals surface area contributed by atoms with Crippen LogP contribution in [0.25, 0.3) is 10.9 Å². The first-order valence-corrected chi connectivity index (χ1v) is 7.65. The van der Waals surface area contributed by atoms with Gasteiger partial charge in [0.1, 0.15) is 5.75 Å². The molecule has 0 fully saturated rings. The zero-order chi connectivity index (χ0) is 17.1. The summed E-state index contributed by atoms with van der Waals surface area (Å²) >= 11 is 0. The molecular formula is C19H18N2O3. The molecule has 2 N–H and O–H groups in total. The standard InChI is InChI=1S/C19H18N2O3/c1-12-6-8-15(10-13(12)2)20-18(23)11-24-16-5-3-4-14-7-9-17(22)21-19(14)16/h3-10H,11H2,1-2H3,(H,20,23)(H,21,22). The number of hydrogen-bond acceptors (Lipinski definition) is 3. The highest BCUT2D eigenvalue weighted by molar-refractivity contribution is 5.92. The molecule has 122 valence electrons. The summed E-state index contributed by atoms with van der Waals surface area (Å²) in [6.07, 6.45) is 0. The maximum absolute atomic E-state index is 12.1. The van der Waals surface area contributed by atoms with Crippen molar-refractivity contribution < 1.29 is 9.53 Å². The number of para-hydroxylation sites is 1. The number of aromatic nitrogens is 1. The van der Waals surface area contributed by atoms with Crippen LogP contribution in [0, 0.1) is 13.8 Å². The van der Waals surface area contributed by atoms with Crippen molar-refractivity contribution in [2.24, 2.45) is 0 Å². The third-order valence-electron chi connectivity index (χ3n) is 3.87. The smallest absolute Gasteiger partial charge is 0.262 e. The number of aryl methyl sites for hydroxylation is 2. The Kier molecular flexibility index (Phi) is 4.33. The average Bonchev–Trinajstić information content (AvgIpc) is 2.56. The molecule has 1 heterocycles. The number of hydrogen-bond donors (Lipinski definition) is 2. The van der Waals surface area contributed by atoms with Crippen molar-refractivity contribution in [3.63, 3.8) is 0 Å². The number of fused-ring (bicyclic) bond motifs is 1. The highest BCUT2D eigenvalue weighted by atomic mass is 16.5. The summed E-state index contributed by atoms with van der Waals surface area (Å²) in [6, 6.07) is 14.3. The van der Waals surface area contributed by atoms with E-state index in [4.69, 9.17) is 4.74 Å². The fourth-order valence-electron chi connectivity index (χ4n) is 2.43. The van der Waals surface area contributed by atoms with Crippen LogP contribution in [0.1, 0.15) is 11.1 Å². The number of amides is 1. The van der Waals surface area contributed by atoms with Gasteiger partial charge in [0, 0.05) is 17.1 Å². The molecule has 1 amide bonds. The van der Waals surface area contributed by atoms with Gasteiger partial charge in [0.15, 0.2) is 6.61 Å². The number of nitrogens with one attached hydrogen (secondary N) is 2.